The summed E-state index contributed by atoms with van der Waals surface area (Å²) in [5.74, 6) is 0.684. The predicted octanol–water partition coefficient (Wildman–Crippen LogP) is 1.13. The van der Waals surface area contributed by atoms with Crippen LogP contribution in [0.3, 0.4) is 0 Å². The van der Waals surface area contributed by atoms with Crippen molar-refractivity contribution in [3.8, 4) is 0 Å². The zero-order valence-electron chi connectivity index (χ0n) is 12.0. The Balaban J connectivity index is 2.41. The van der Waals surface area contributed by atoms with Crippen molar-refractivity contribution in [3.63, 3.8) is 0 Å². The fourth-order valence-corrected chi connectivity index (χ4v) is 3.72. The fraction of sp³-hybridized carbons (Fsp3) is 1.00. The molecule has 1 fully saturated rings. The van der Waals surface area contributed by atoms with Crippen LogP contribution in [0.5, 0.6) is 0 Å². The number of hydrogen-bond donors (Lipinski definition) is 1. The Morgan fingerprint density at radius 2 is 1.94 bits per heavy atom. The van der Waals surface area contributed by atoms with Gasteiger partial charge in [0.05, 0.1) is 11.5 Å². The standard InChI is InChI=1S/C13H28N2O2S/c1-4-6-14-11-13(2,3)12-15-7-5-9-18(16,17)10-8-15/h14H,4-12H2,1-3H3. The highest BCUT2D eigenvalue weighted by molar-refractivity contribution is 7.91. The highest BCUT2D eigenvalue weighted by Gasteiger charge is 2.25. The molecule has 0 aromatic rings. The Kier molecular flexibility index (Phi) is 6.08. The summed E-state index contributed by atoms with van der Waals surface area (Å²) in [6, 6.07) is 0. The highest BCUT2D eigenvalue weighted by Crippen LogP contribution is 2.17. The SMILES string of the molecule is CCCNCC(C)(C)CN1CCCS(=O)(=O)CC1. The summed E-state index contributed by atoms with van der Waals surface area (Å²) in [6.45, 7) is 11.3. The summed E-state index contributed by atoms with van der Waals surface area (Å²) in [7, 11) is -2.79. The van der Waals surface area contributed by atoms with Crippen molar-refractivity contribution in [2.75, 3.05) is 44.2 Å². The van der Waals surface area contributed by atoms with Gasteiger partial charge in [-0.15, -0.1) is 0 Å². The van der Waals surface area contributed by atoms with Gasteiger partial charge in [0, 0.05) is 19.6 Å². The molecular weight excluding hydrogens is 248 g/mol. The van der Waals surface area contributed by atoms with Crippen molar-refractivity contribution < 1.29 is 8.42 Å². The van der Waals surface area contributed by atoms with Crippen LogP contribution in [0.4, 0.5) is 0 Å². The lowest BCUT2D eigenvalue weighted by Gasteiger charge is -2.32. The van der Waals surface area contributed by atoms with Crippen LogP contribution in [0.15, 0.2) is 0 Å². The highest BCUT2D eigenvalue weighted by atomic mass is 32.2. The molecule has 0 unspecified atom stereocenters. The van der Waals surface area contributed by atoms with Crippen molar-refractivity contribution in [2.45, 2.75) is 33.6 Å². The summed E-state index contributed by atoms with van der Waals surface area (Å²) >= 11 is 0. The van der Waals surface area contributed by atoms with E-state index in [1.54, 1.807) is 0 Å². The minimum atomic E-state index is -2.79. The van der Waals surface area contributed by atoms with Gasteiger partial charge in [-0.05, 0) is 31.3 Å². The Bertz CT molecular complexity index is 339. The lowest BCUT2D eigenvalue weighted by molar-refractivity contribution is 0.184. The molecule has 0 amide bonds. The van der Waals surface area contributed by atoms with Crippen LogP contribution < -0.4 is 5.32 Å². The zero-order chi connectivity index (χ0) is 13.6. The largest absolute Gasteiger partial charge is 0.316 e. The van der Waals surface area contributed by atoms with E-state index in [0.29, 0.717) is 18.1 Å². The van der Waals surface area contributed by atoms with Crippen LogP contribution in [-0.4, -0.2) is 57.5 Å². The van der Waals surface area contributed by atoms with E-state index in [0.717, 1.165) is 39.0 Å². The van der Waals surface area contributed by atoms with Crippen molar-refractivity contribution >= 4 is 9.84 Å². The van der Waals surface area contributed by atoms with E-state index in [9.17, 15) is 8.42 Å². The van der Waals surface area contributed by atoms with Crippen LogP contribution in [0.2, 0.25) is 0 Å². The van der Waals surface area contributed by atoms with Crippen LogP contribution >= 0.6 is 0 Å². The molecule has 1 heterocycles. The Morgan fingerprint density at radius 3 is 2.61 bits per heavy atom. The average Bonchev–Trinajstić information content (AvgIpc) is 2.40. The van der Waals surface area contributed by atoms with Crippen LogP contribution in [-0.2, 0) is 9.84 Å². The van der Waals surface area contributed by atoms with E-state index >= 15 is 0 Å². The number of nitrogens with one attached hydrogen (secondary N) is 1. The van der Waals surface area contributed by atoms with Gasteiger partial charge >= 0.3 is 0 Å². The first-order valence-corrected chi connectivity index (χ1v) is 8.80. The van der Waals surface area contributed by atoms with Crippen LogP contribution in [0.1, 0.15) is 33.6 Å². The maximum atomic E-state index is 11.6. The predicted molar refractivity (Wildman–Crippen MR) is 76.7 cm³/mol. The molecule has 1 saturated heterocycles. The first kappa shape index (κ1) is 15.9. The second-order valence-electron chi connectivity index (χ2n) is 6.12. The molecule has 4 nitrogen and oxygen atoms in total. The third-order valence-corrected chi connectivity index (χ3v) is 5.05. The van der Waals surface area contributed by atoms with Gasteiger partial charge in [0.25, 0.3) is 0 Å². The maximum Gasteiger partial charge on any atom is 0.151 e. The van der Waals surface area contributed by atoms with Crippen molar-refractivity contribution in [1.29, 1.82) is 0 Å². The minimum Gasteiger partial charge on any atom is -0.316 e. The van der Waals surface area contributed by atoms with Gasteiger partial charge in [0.15, 0.2) is 9.84 Å². The number of nitrogens with zero attached hydrogens (tertiary/aromatic N) is 1. The van der Waals surface area contributed by atoms with Gasteiger partial charge in [-0.3, -0.25) is 0 Å². The summed E-state index contributed by atoms with van der Waals surface area (Å²) in [6.07, 6.45) is 1.93. The summed E-state index contributed by atoms with van der Waals surface area (Å²) in [5, 5.41) is 3.45. The smallest absolute Gasteiger partial charge is 0.151 e. The van der Waals surface area contributed by atoms with E-state index in [-0.39, 0.29) is 5.41 Å². The molecular formula is C13H28N2O2S. The number of rotatable bonds is 6. The molecule has 5 heteroatoms. The third-order valence-electron chi connectivity index (χ3n) is 3.33. The number of hydrogen-bond acceptors (Lipinski definition) is 4. The Hall–Kier alpha value is -0.130. The zero-order valence-corrected chi connectivity index (χ0v) is 12.9. The average molecular weight is 276 g/mol. The molecule has 0 saturated carbocycles. The third kappa shape index (κ3) is 6.16. The van der Waals surface area contributed by atoms with Crippen LogP contribution in [0.25, 0.3) is 0 Å². The van der Waals surface area contributed by atoms with E-state index in [1.807, 2.05) is 0 Å². The molecule has 0 aromatic carbocycles. The van der Waals surface area contributed by atoms with Crippen molar-refractivity contribution in [1.82, 2.24) is 10.2 Å². The molecule has 0 radical (unpaired) electrons. The Morgan fingerprint density at radius 1 is 1.22 bits per heavy atom. The molecule has 1 N–H and O–H groups in total. The number of sulfone groups is 1. The van der Waals surface area contributed by atoms with E-state index in [1.165, 1.54) is 0 Å². The molecule has 0 atom stereocenters. The molecule has 0 bridgehead atoms. The fourth-order valence-electron chi connectivity index (χ4n) is 2.41. The van der Waals surface area contributed by atoms with Crippen molar-refractivity contribution in [3.05, 3.63) is 0 Å². The van der Waals surface area contributed by atoms with Gasteiger partial charge in [-0.2, -0.15) is 0 Å². The first-order chi connectivity index (χ1) is 8.35. The maximum absolute atomic E-state index is 11.6. The summed E-state index contributed by atoms with van der Waals surface area (Å²) < 4.78 is 23.1. The second kappa shape index (κ2) is 6.87. The minimum absolute atomic E-state index is 0.198. The molecule has 1 rings (SSSR count). The van der Waals surface area contributed by atoms with Gasteiger partial charge < -0.3 is 10.2 Å². The monoisotopic (exact) mass is 276 g/mol. The quantitative estimate of drug-likeness (QED) is 0.739. The van der Waals surface area contributed by atoms with Crippen LogP contribution in [0, 0.1) is 5.41 Å². The lowest BCUT2D eigenvalue weighted by Crippen LogP contribution is -2.41. The molecule has 1 aliphatic heterocycles. The van der Waals surface area contributed by atoms with E-state index in [4.69, 9.17) is 0 Å². The van der Waals surface area contributed by atoms with E-state index in [2.05, 4.69) is 31.0 Å². The summed E-state index contributed by atoms with van der Waals surface area (Å²) in [5.41, 5.74) is 0.198. The second-order valence-corrected chi connectivity index (χ2v) is 8.43. The van der Waals surface area contributed by atoms with Gasteiger partial charge in [0.1, 0.15) is 0 Å². The normalized spacial score (nSPS) is 21.7. The molecule has 1 aliphatic rings. The molecule has 0 aliphatic carbocycles. The van der Waals surface area contributed by atoms with Gasteiger partial charge in [0.2, 0.25) is 0 Å². The molecule has 18 heavy (non-hydrogen) atoms. The summed E-state index contributed by atoms with van der Waals surface area (Å²) in [4.78, 5) is 2.30. The molecule has 108 valence electrons. The van der Waals surface area contributed by atoms with Gasteiger partial charge in [-0.1, -0.05) is 20.8 Å². The van der Waals surface area contributed by atoms with Gasteiger partial charge in [-0.25, -0.2) is 8.42 Å². The van der Waals surface area contributed by atoms with Crippen molar-refractivity contribution in [2.24, 2.45) is 5.41 Å². The lowest BCUT2D eigenvalue weighted by atomic mass is 9.92. The molecule has 0 aromatic heterocycles. The molecule has 0 spiro atoms. The Labute approximate surface area is 112 Å². The van der Waals surface area contributed by atoms with E-state index < -0.39 is 9.84 Å². The topological polar surface area (TPSA) is 49.4 Å². The first-order valence-electron chi connectivity index (χ1n) is 6.98.